The van der Waals surface area contributed by atoms with E-state index < -0.39 is 5.97 Å². The summed E-state index contributed by atoms with van der Waals surface area (Å²) < 4.78 is 0. The number of carboxylic acid groups (broad SMARTS) is 1. The minimum Gasteiger partial charge on any atom is -0.481 e. The van der Waals surface area contributed by atoms with Gasteiger partial charge < -0.3 is 16.2 Å². The molecule has 4 N–H and O–H groups in total. The largest absolute Gasteiger partial charge is 0.481 e. The van der Waals surface area contributed by atoms with Gasteiger partial charge in [0.25, 0.3) is 0 Å². The van der Waals surface area contributed by atoms with Crippen molar-refractivity contribution >= 4 is 11.9 Å². The molecule has 0 spiro atoms. The Morgan fingerprint density at radius 2 is 1.85 bits per heavy atom. The topological polar surface area (TPSA) is 92.4 Å². The van der Waals surface area contributed by atoms with Gasteiger partial charge in [-0.2, -0.15) is 0 Å². The highest BCUT2D eigenvalue weighted by Crippen LogP contribution is 2.14. The molecule has 0 aliphatic carbocycles. The molecule has 0 rings (SSSR count). The third-order valence-corrected chi connectivity index (χ3v) is 3.74. The minimum atomic E-state index is -0.758. The second-order valence-corrected chi connectivity index (χ2v) is 5.57. The number of carbonyl (C=O) groups is 2. The van der Waals surface area contributed by atoms with Crippen LogP contribution < -0.4 is 11.1 Å². The van der Waals surface area contributed by atoms with E-state index >= 15 is 0 Å². The van der Waals surface area contributed by atoms with Crippen LogP contribution in [0, 0.1) is 11.8 Å². The van der Waals surface area contributed by atoms with Crippen molar-refractivity contribution in [3.05, 3.63) is 0 Å². The van der Waals surface area contributed by atoms with Crippen LogP contribution in [-0.4, -0.2) is 30.1 Å². The molecular formula is C15H30N2O3. The smallest absolute Gasteiger partial charge is 0.303 e. The van der Waals surface area contributed by atoms with E-state index in [0.717, 1.165) is 25.7 Å². The third kappa shape index (κ3) is 10.8. The molecule has 0 aromatic rings. The monoisotopic (exact) mass is 286 g/mol. The molecule has 0 radical (unpaired) electrons. The standard InChI is InChI=1S/C15H30N2O3/c1-3-13(8-10-16)5-6-14(18)17-11-9-12(2)4-7-15(19)20/h12-13H,3-11,16H2,1-2H3,(H,17,18)(H,19,20). The van der Waals surface area contributed by atoms with Crippen molar-refractivity contribution in [2.45, 2.75) is 58.8 Å². The van der Waals surface area contributed by atoms with Crippen molar-refractivity contribution in [1.29, 1.82) is 0 Å². The van der Waals surface area contributed by atoms with E-state index in [-0.39, 0.29) is 12.3 Å². The first kappa shape index (κ1) is 18.9. The van der Waals surface area contributed by atoms with Crippen molar-refractivity contribution in [3.8, 4) is 0 Å². The number of hydrogen-bond donors (Lipinski definition) is 3. The van der Waals surface area contributed by atoms with Gasteiger partial charge in [0.05, 0.1) is 0 Å². The number of nitrogens with one attached hydrogen (secondary N) is 1. The summed E-state index contributed by atoms with van der Waals surface area (Å²) >= 11 is 0. The van der Waals surface area contributed by atoms with Gasteiger partial charge in [-0.1, -0.05) is 20.3 Å². The highest BCUT2D eigenvalue weighted by atomic mass is 16.4. The fourth-order valence-electron chi connectivity index (χ4n) is 2.18. The molecule has 0 aliphatic heterocycles. The quantitative estimate of drug-likeness (QED) is 0.512. The van der Waals surface area contributed by atoms with E-state index in [1.165, 1.54) is 0 Å². The first-order valence-electron chi connectivity index (χ1n) is 7.68. The second kappa shape index (κ2) is 11.7. The first-order valence-corrected chi connectivity index (χ1v) is 7.68. The van der Waals surface area contributed by atoms with Gasteiger partial charge in [0.2, 0.25) is 5.91 Å². The zero-order valence-electron chi connectivity index (χ0n) is 12.9. The highest BCUT2D eigenvalue weighted by Gasteiger charge is 2.10. The number of nitrogens with two attached hydrogens (primary N) is 1. The second-order valence-electron chi connectivity index (χ2n) is 5.57. The average molecular weight is 286 g/mol. The Labute approximate surface area is 122 Å². The summed E-state index contributed by atoms with van der Waals surface area (Å²) in [4.78, 5) is 22.1. The van der Waals surface area contributed by atoms with Gasteiger partial charge in [-0.15, -0.1) is 0 Å². The number of hydrogen-bond acceptors (Lipinski definition) is 3. The van der Waals surface area contributed by atoms with Crippen molar-refractivity contribution in [1.82, 2.24) is 5.32 Å². The third-order valence-electron chi connectivity index (χ3n) is 3.74. The van der Waals surface area contributed by atoms with Crippen LogP contribution in [0.4, 0.5) is 0 Å². The van der Waals surface area contributed by atoms with E-state index in [1.54, 1.807) is 0 Å². The Morgan fingerprint density at radius 1 is 1.15 bits per heavy atom. The van der Waals surface area contributed by atoms with E-state index in [1.807, 2.05) is 6.92 Å². The highest BCUT2D eigenvalue weighted by molar-refractivity contribution is 5.75. The van der Waals surface area contributed by atoms with Crippen LogP contribution in [0.5, 0.6) is 0 Å². The lowest BCUT2D eigenvalue weighted by atomic mass is 9.96. The van der Waals surface area contributed by atoms with Crippen molar-refractivity contribution < 1.29 is 14.7 Å². The van der Waals surface area contributed by atoms with Crippen LogP contribution in [0.25, 0.3) is 0 Å². The lowest BCUT2D eigenvalue weighted by molar-refractivity contribution is -0.137. The summed E-state index contributed by atoms with van der Waals surface area (Å²) in [6, 6.07) is 0. The van der Waals surface area contributed by atoms with Gasteiger partial charge in [0, 0.05) is 19.4 Å². The molecule has 5 nitrogen and oxygen atoms in total. The van der Waals surface area contributed by atoms with Gasteiger partial charge in [0.1, 0.15) is 0 Å². The number of rotatable bonds is 12. The lowest BCUT2D eigenvalue weighted by Crippen LogP contribution is -2.26. The number of carboxylic acids is 1. The molecule has 20 heavy (non-hydrogen) atoms. The Bertz CT molecular complexity index is 282. The maximum atomic E-state index is 11.7. The van der Waals surface area contributed by atoms with Crippen molar-refractivity contribution in [2.24, 2.45) is 17.6 Å². The summed E-state index contributed by atoms with van der Waals surface area (Å²) in [5.41, 5.74) is 5.53. The van der Waals surface area contributed by atoms with Crippen LogP contribution in [-0.2, 0) is 9.59 Å². The Balaban J connectivity index is 3.64. The molecule has 0 saturated heterocycles. The minimum absolute atomic E-state index is 0.0888. The van der Waals surface area contributed by atoms with Gasteiger partial charge in [0.15, 0.2) is 0 Å². The van der Waals surface area contributed by atoms with Crippen LogP contribution in [0.3, 0.4) is 0 Å². The maximum Gasteiger partial charge on any atom is 0.303 e. The molecule has 118 valence electrons. The predicted molar refractivity (Wildman–Crippen MR) is 80.3 cm³/mol. The van der Waals surface area contributed by atoms with Gasteiger partial charge in [-0.05, 0) is 44.1 Å². The summed E-state index contributed by atoms with van der Waals surface area (Å²) in [7, 11) is 0. The summed E-state index contributed by atoms with van der Waals surface area (Å²) in [5, 5.41) is 11.5. The van der Waals surface area contributed by atoms with E-state index in [0.29, 0.717) is 37.8 Å². The predicted octanol–water partition coefficient (Wildman–Crippen LogP) is 2.15. The Morgan fingerprint density at radius 3 is 2.40 bits per heavy atom. The molecular weight excluding hydrogens is 256 g/mol. The van der Waals surface area contributed by atoms with Gasteiger partial charge in [-0.25, -0.2) is 0 Å². The van der Waals surface area contributed by atoms with Crippen molar-refractivity contribution in [3.63, 3.8) is 0 Å². The van der Waals surface area contributed by atoms with Crippen LogP contribution in [0.1, 0.15) is 58.8 Å². The summed E-state index contributed by atoms with van der Waals surface area (Å²) in [6.45, 7) is 5.46. The number of aliphatic carboxylic acids is 1. The molecule has 0 bridgehead atoms. The van der Waals surface area contributed by atoms with E-state index in [2.05, 4.69) is 12.2 Å². The SMILES string of the molecule is CCC(CCN)CCC(=O)NCCC(C)CCC(=O)O. The zero-order chi connectivity index (χ0) is 15.4. The Kier molecular flexibility index (Phi) is 11.1. The normalized spacial score (nSPS) is 13.8. The molecule has 2 unspecified atom stereocenters. The van der Waals surface area contributed by atoms with Crippen molar-refractivity contribution in [2.75, 3.05) is 13.1 Å². The summed E-state index contributed by atoms with van der Waals surface area (Å²) in [5.74, 6) is 0.199. The van der Waals surface area contributed by atoms with Gasteiger partial charge >= 0.3 is 5.97 Å². The molecule has 0 aromatic carbocycles. The van der Waals surface area contributed by atoms with E-state index in [4.69, 9.17) is 10.8 Å². The molecule has 0 saturated carbocycles. The zero-order valence-corrected chi connectivity index (χ0v) is 12.9. The molecule has 1 amide bonds. The van der Waals surface area contributed by atoms with Crippen LogP contribution in [0.2, 0.25) is 0 Å². The molecule has 0 aliphatic rings. The number of carbonyl (C=O) groups excluding carboxylic acids is 1. The molecule has 2 atom stereocenters. The first-order chi connectivity index (χ1) is 9.49. The fraction of sp³-hybridized carbons (Fsp3) is 0.867. The van der Waals surface area contributed by atoms with E-state index in [9.17, 15) is 9.59 Å². The average Bonchev–Trinajstić information content (AvgIpc) is 2.41. The summed E-state index contributed by atoms with van der Waals surface area (Å²) in [6.07, 6.45) is 5.20. The molecule has 0 fully saturated rings. The molecule has 0 heterocycles. The molecule has 0 aromatic heterocycles. The van der Waals surface area contributed by atoms with Crippen LogP contribution >= 0.6 is 0 Å². The molecule has 5 heteroatoms. The fourth-order valence-corrected chi connectivity index (χ4v) is 2.18. The maximum absolute atomic E-state index is 11.7. The van der Waals surface area contributed by atoms with Gasteiger partial charge in [-0.3, -0.25) is 9.59 Å². The number of amides is 1. The van der Waals surface area contributed by atoms with Crippen LogP contribution in [0.15, 0.2) is 0 Å². The lowest BCUT2D eigenvalue weighted by Gasteiger charge is -2.14. The Hall–Kier alpha value is -1.10.